The van der Waals surface area contributed by atoms with Crippen molar-refractivity contribution in [2.75, 3.05) is 0 Å². The van der Waals surface area contributed by atoms with Gasteiger partial charge in [0.15, 0.2) is 0 Å². The molecule has 132 valence electrons. The van der Waals surface area contributed by atoms with E-state index in [9.17, 15) is 9.59 Å². The van der Waals surface area contributed by atoms with E-state index in [2.05, 4.69) is 19.9 Å². The van der Waals surface area contributed by atoms with E-state index in [0.717, 1.165) is 38.5 Å². The van der Waals surface area contributed by atoms with Crippen molar-refractivity contribution in [3.8, 4) is 0 Å². The quantitative estimate of drug-likeness (QED) is 0.527. The zero-order valence-corrected chi connectivity index (χ0v) is 15.3. The van der Waals surface area contributed by atoms with Gasteiger partial charge in [0, 0.05) is 18.8 Å². The van der Waals surface area contributed by atoms with Crippen LogP contribution in [0.4, 0.5) is 0 Å². The van der Waals surface area contributed by atoms with Crippen LogP contribution in [0.5, 0.6) is 0 Å². The van der Waals surface area contributed by atoms with E-state index < -0.39 is 0 Å². The number of ether oxygens (including phenoxy) is 1. The Kier molecular flexibility index (Phi) is 3.71. The van der Waals surface area contributed by atoms with Gasteiger partial charge in [-0.15, -0.1) is 0 Å². The topological polar surface area (TPSA) is 43.4 Å². The molecule has 3 nitrogen and oxygen atoms in total. The molecule has 24 heavy (non-hydrogen) atoms. The average molecular weight is 330 g/mol. The molecular weight excluding hydrogens is 300 g/mol. The minimum atomic E-state index is -0.174. The van der Waals surface area contributed by atoms with Crippen LogP contribution >= 0.6 is 0 Å². The van der Waals surface area contributed by atoms with Crippen molar-refractivity contribution in [1.82, 2.24) is 0 Å². The number of hydrogen-bond donors (Lipinski definition) is 0. The molecule has 0 saturated heterocycles. The molecule has 0 bridgehead atoms. The van der Waals surface area contributed by atoms with Crippen molar-refractivity contribution in [2.24, 2.45) is 28.6 Å². The predicted molar refractivity (Wildman–Crippen MR) is 92.3 cm³/mol. The highest BCUT2D eigenvalue weighted by molar-refractivity contribution is 5.87. The lowest BCUT2D eigenvalue weighted by molar-refractivity contribution is -0.145. The van der Waals surface area contributed by atoms with Crippen molar-refractivity contribution in [3.05, 3.63) is 11.6 Å². The first-order chi connectivity index (χ1) is 11.3. The summed E-state index contributed by atoms with van der Waals surface area (Å²) < 4.78 is 5.46. The Hall–Kier alpha value is -1.12. The molecule has 4 aliphatic carbocycles. The second-order valence-corrected chi connectivity index (χ2v) is 9.13. The lowest BCUT2D eigenvalue weighted by Gasteiger charge is -2.57. The smallest absolute Gasteiger partial charge is 0.303 e. The van der Waals surface area contributed by atoms with Gasteiger partial charge in [0.1, 0.15) is 11.9 Å². The Morgan fingerprint density at radius 3 is 2.50 bits per heavy atom. The van der Waals surface area contributed by atoms with Gasteiger partial charge in [0.2, 0.25) is 0 Å². The van der Waals surface area contributed by atoms with Crippen LogP contribution in [-0.4, -0.2) is 17.9 Å². The van der Waals surface area contributed by atoms with E-state index in [1.165, 1.54) is 25.3 Å². The van der Waals surface area contributed by atoms with Crippen molar-refractivity contribution < 1.29 is 14.3 Å². The fraction of sp³-hybridized carbons (Fsp3) is 0.810. The van der Waals surface area contributed by atoms with Crippen molar-refractivity contribution in [1.29, 1.82) is 0 Å². The Labute approximate surface area is 145 Å². The minimum absolute atomic E-state index is 0.0240. The van der Waals surface area contributed by atoms with Crippen LogP contribution < -0.4 is 0 Å². The lowest BCUT2D eigenvalue weighted by atomic mass is 9.47. The molecule has 0 N–H and O–H groups in total. The van der Waals surface area contributed by atoms with Crippen LogP contribution in [0.25, 0.3) is 0 Å². The molecule has 0 radical (unpaired) electrons. The van der Waals surface area contributed by atoms with E-state index in [1.807, 2.05) is 0 Å². The fourth-order valence-corrected chi connectivity index (χ4v) is 6.77. The number of esters is 1. The molecule has 0 spiro atoms. The number of carbonyl (C=O) groups is 2. The van der Waals surface area contributed by atoms with Gasteiger partial charge in [-0.2, -0.15) is 0 Å². The molecule has 3 fully saturated rings. The van der Waals surface area contributed by atoms with Crippen LogP contribution in [0, 0.1) is 28.6 Å². The van der Waals surface area contributed by atoms with Gasteiger partial charge in [0.05, 0.1) is 0 Å². The highest BCUT2D eigenvalue weighted by Crippen LogP contribution is 2.64. The summed E-state index contributed by atoms with van der Waals surface area (Å²) in [6, 6.07) is 0. The third-order valence-electron chi connectivity index (χ3n) is 8.10. The molecule has 4 aliphatic rings. The molecule has 0 amide bonds. The van der Waals surface area contributed by atoms with Crippen molar-refractivity contribution in [3.63, 3.8) is 0 Å². The number of carbonyl (C=O) groups excluding carboxylic acids is 2. The largest absolute Gasteiger partial charge is 0.458 e. The summed E-state index contributed by atoms with van der Waals surface area (Å²) in [7, 11) is 0. The van der Waals surface area contributed by atoms with Gasteiger partial charge in [-0.25, -0.2) is 0 Å². The van der Waals surface area contributed by atoms with Gasteiger partial charge in [-0.3, -0.25) is 9.59 Å². The second kappa shape index (κ2) is 5.44. The molecule has 3 unspecified atom stereocenters. The van der Waals surface area contributed by atoms with E-state index in [4.69, 9.17) is 4.74 Å². The van der Waals surface area contributed by atoms with E-state index in [-0.39, 0.29) is 22.9 Å². The zero-order valence-electron chi connectivity index (χ0n) is 15.3. The highest BCUT2D eigenvalue weighted by Gasteiger charge is 2.58. The molecule has 3 heteroatoms. The Bertz CT molecular complexity index is 606. The Morgan fingerprint density at radius 2 is 1.75 bits per heavy atom. The molecule has 0 aromatic heterocycles. The molecule has 6 atom stereocenters. The molecule has 4 rings (SSSR count). The van der Waals surface area contributed by atoms with Crippen molar-refractivity contribution >= 4 is 11.8 Å². The van der Waals surface area contributed by atoms with E-state index in [0.29, 0.717) is 23.5 Å². The summed E-state index contributed by atoms with van der Waals surface area (Å²) >= 11 is 0. The van der Waals surface area contributed by atoms with Gasteiger partial charge < -0.3 is 4.74 Å². The summed E-state index contributed by atoms with van der Waals surface area (Å²) in [5.41, 5.74) is 1.74. The maximum atomic E-state index is 12.5. The summed E-state index contributed by atoms with van der Waals surface area (Å²) in [4.78, 5) is 23.7. The molecule has 0 aromatic carbocycles. The van der Waals surface area contributed by atoms with Crippen LogP contribution in [0.2, 0.25) is 0 Å². The standard InChI is InChI=1S/C21H30O3/c1-13(22)24-15-8-10-20(2)14(12-15)4-5-16-17-6-7-19(23)21(17,3)11-9-18(16)20/h12,15-18H,4-11H2,1-3H3/t15-,16?,17?,18?,20-,21-/m0/s1. The molecular formula is C21H30O3. The fourth-order valence-electron chi connectivity index (χ4n) is 6.77. The minimum Gasteiger partial charge on any atom is -0.458 e. The maximum Gasteiger partial charge on any atom is 0.303 e. The second-order valence-electron chi connectivity index (χ2n) is 9.13. The summed E-state index contributed by atoms with van der Waals surface area (Å²) in [6.07, 6.45) is 10.8. The molecule has 0 aromatic rings. The van der Waals surface area contributed by atoms with Crippen LogP contribution in [0.1, 0.15) is 72.1 Å². The normalized spacial score (nSPS) is 47.3. The van der Waals surface area contributed by atoms with Crippen molar-refractivity contribution in [2.45, 2.75) is 78.2 Å². The number of rotatable bonds is 1. The first kappa shape index (κ1) is 16.4. The van der Waals surface area contributed by atoms with E-state index in [1.54, 1.807) is 0 Å². The molecule has 0 aliphatic heterocycles. The summed E-state index contributed by atoms with van der Waals surface area (Å²) in [6.45, 7) is 6.19. The third-order valence-corrected chi connectivity index (χ3v) is 8.10. The number of hydrogen-bond acceptors (Lipinski definition) is 3. The zero-order chi connectivity index (χ0) is 17.1. The van der Waals surface area contributed by atoms with E-state index >= 15 is 0 Å². The molecule has 3 saturated carbocycles. The Morgan fingerprint density at radius 1 is 1.04 bits per heavy atom. The SMILES string of the molecule is CC(=O)O[C@@H]1C=C2CCC3C(CC[C@]4(C)C(=O)CCC34)[C@@]2(C)CC1. The van der Waals surface area contributed by atoms with Crippen LogP contribution in [0.3, 0.4) is 0 Å². The third kappa shape index (κ3) is 2.23. The predicted octanol–water partition coefficient (Wildman–Crippen LogP) is 4.45. The molecule has 0 heterocycles. The summed E-state index contributed by atoms with van der Waals surface area (Å²) in [5.74, 6) is 2.37. The highest BCUT2D eigenvalue weighted by atomic mass is 16.5. The first-order valence-electron chi connectivity index (χ1n) is 9.76. The monoisotopic (exact) mass is 330 g/mol. The Balaban J connectivity index is 1.61. The van der Waals surface area contributed by atoms with Crippen LogP contribution in [-0.2, 0) is 14.3 Å². The van der Waals surface area contributed by atoms with Crippen LogP contribution in [0.15, 0.2) is 11.6 Å². The number of ketones is 1. The summed E-state index contributed by atoms with van der Waals surface area (Å²) in [5, 5.41) is 0. The van der Waals surface area contributed by atoms with Gasteiger partial charge in [-0.05, 0) is 74.2 Å². The maximum absolute atomic E-state index is 12.5. The number of allylic oxidation sites excluding steroid dienone is 1. The average Bonchev–Trinajstić information content (AvgIpc) is 2.83. The first-order valence-corrected chi connectivity index (χ1v) is 9.76. The van der Waals surface area contributed by atoms with Gasteiger partial charge >= 0.3 is 5.97 Å². The number of Topliss-reactive ketones (excluding diaryl/α,β-unsaturated/α-hetero) is 1. The van der Waals surface area contributed by atoms with Gasteiger partial charge in [-0.1, -0.05) is 19.4 Å². The lowest BCUT2D eigenvalue weighted by Crippen LogP contribution is -2.50. The van der Waals surface area contributed by atoms with Gasteiger partial charge in [0.25, 0.3) is 0 Å². The number of fused-ring (bicyclic) bond motifs is 5.